The van der Waals surface area contributed by atoms with Crippen molar-refractivity contribution in [3.8, 4) is 0 Å². The Morgan fingerprint density at radius 2 is 1.73 bits per heavy atom. The maximum atomic E-state index is 13.6. The number of esters is 4. The molecule has 7 aliphatic rings. The molecule has 8 rings (SSSR count). The summed E-state index contributed by atoms with van der Waals surface area (Å²) < 4.78 is 48.2. The molecule has 3 aliphatic heterocycles. The first-order valence-electron chi connectivity index (χ1n) is 15.9. The first-order valence-corrected chi connectivity index (χ1v) is 15.9. The van der Waals surface area contributed by atoms with Gasteiger partial charge >= 0.3 is 23.9 Å². The van der Waals surface area contributed by atoms with Crippen LogP contribution in [0.3, 0.4) is 0 Å². The number of furan rings is 1. The average Bonchev–Trinajstić information content (AvgIpc) is 3.76. The summed E-state index contributed by atoms with van der Waals surface area (Å²) in [4.78, 5) is 52.4. The quantitative estimate of drug-likeness (QED) is 0.291. The molecule has 6 fully saturated rings. The van der Waals surface area contributed by atoms with E-state index in [1.165, 1.54) is 32.4 Å². The van der Waals surface area contributed by atoms with E-state index in [0.29, 0.717) is 5.56 Å². The Balaban J connectivity index is 1.49. The molecule has 4 heterocycles. The second-order valence-corrected chi connectivity index (χ2v) is 15.1. The smallest absolute Gasteiger partial charge is 0.335 e. The molecule has 15 nitrogen and oxygen atoms in total. The minimum atomic E-state index is -2.47. The number of hydrogen-bond donors (Lipinski definition) is 3. The number of cyclic esters (lactones) is 1. The second kappa shape index (κ2) is 8.87. The van der Waals surface area contributed by atoms with Crippen molar-refractivity contribution in [1.82, 2.24) is 0 Å². The summed E-state index contributed by atoms with van der Waals surface area (Å²) in [5.41, 5.74) is -12.8. The van der Waals surface area contributed by atoms with Gasteiger partial charge < -0.3 is 52.9 Å². The third kappa shape index (κ3) is 2.98. The van der Waals surface area contributed by atoms with Crippen LogP contribution in [-0.4, -0.2) is 99.1 Å². The van der Waals surface area contributed by atoms with Crippen LogP contribution < -0.4 is 0 Å². The van der Waals surface area contributed by atoms with Gasteiger partial charge in [-0.3, -0.25) is 9.59 Å². The van der Waals surface area contributed by atoms with E-state index in [1.807, 2.05) is 0 Å². The lowest BCUT2D eigenvalue weighted by Gasteiger charge is -2.76. The highest BCUT2D eigenvalue weighted by molar-refractivity contribution is 5.86. The fraction of sp³-hybridized carbons (Fsp3) is 0.697. The third-order valence-electron chi connectivity index (χ3n) is 13.1. The zero-order valence-corrected chi connectivity index (χ0v) is 27.4. The highest BCUT2D eigenvalue weighted by Crippen LogP contribution is 2.88. The fourth-order valence-electron chi connectivity index (χ4n) is 11.9. The number of hydrogen-bond acceptors (Lipinski definition) is 15. The van der Waals surface area contributed by atoms with Crippen molar-refractivity contribution in [1.29, 1.82) is 0 Å². The standard InChI is InChI=1S/C33H38O15/c1-14(34)43-18-11-31-28(5)21(20(37)23(38)41-7)26(3)13-30(28,39)32(40,24(26)44-15(2)35)25-33(31,48-29(6,46-25)47-31)17-10-19(36)45-22(27(17,18)4)16-8-9-42-12-16/h8-10,12,18,20-22,24-25,37,39-40H,11,13H2,1-7H3/t18-,20-,21-,22-,24-,25+,26+,27-,28-,29?,30?,31-,32+,33+/m1/s1. The van der Waals surface area contributed by atoms with Gasteiger partial charge in [-0.25, -0.2) is 9.59 Å². The normalized spacial score (nSPS) is 52.5. The van der Waals surface area contributed by atoms with E-state index in [9.17, 15) is 34.5 Å². The molecule has 4 bridgehead atoms. The molecule has 2 unspecified atom stereocenters. The Labute approximate surface area is 274 Å². The van der Waals surface area contributed by atoms with E-state index in [2.05, 4.69) is 0 Å². The molecular formula is C33H38O15. The highest BCUT2D eigenvalue weighted by Gasteiger charge is 3.03. The minimum absolute atomic E-state index is 0.159. The van der Waals surface area contributed by atoms with Gasteiger partial charge in [0.2, 0.25) is 0 Å². The molecule has 3 N–H and O–H groups in total. The van der Waals surface area contributed by atoms with Crippen LogP contribution in [0.4, 0.5) is 0 Å². The van der Waals surface area contributed by atoms with E-state index in [1.54, 1.807) is 26.8 Å². The average molecular weight is 675 g/mol. The SMILES string of the molecule is COC(=O)[C@H](O)[C@@H]1[C@]2(C)CC3(O)[C@](O)([C@@H]2OC(C)=O)[C@@H]2OC4(C)O[C@]5(C[C@@H](OC(C)=O)[C@@]6(C)C(=CC(=O)O[C@@H]6c6ccoc6)[C@]25O4)[C@]13C. The van der Waals surface area contributed by atoms with Gasteiger partial charge in [-0.2, -0.15) is 0 Å². The summed E-state index contributed by atoms with van der Waals surface area (Å²) >= 11 is 0. The van der Waals surface area contributed by atoms with Gasteiger partial charge in [-0.15, -0.1) is 0 Å². The molecule has 1 spiro atoms. The number of aliphatic hydroxyl groups excluding tert-OH is 1. The summed E-state index contributed by atoms with van der Waals surface area (Å²) in [6, 6.07) is 1.60. The Bertz CT molecular complexity index is 1710. The second-order valence-electron chi connectivity index (χ2n) is 15.1. The zero-order chi connectivity index (χ0) is 34.8. The molecule has 260 valence electrons. The summed E-state index contributed by atoms with van der Waals surface area (Å²) in [6.07, 6.45) is -3.88. The molecule has 0 aromatic carbocycles. The number of carbonyl (C=O) groups excluding carboxylic acids is 4. The van der Waals surface area contributed by atoms with Crippen molar-refractivity contribution in [3.05, 3.63) is 35.8 Å². The molecule has 48 heavy (non-hydrogen) atoms. The van der Waals surface area contributed by atoms with Crippen LogP contribution in [0.5, 0.6) is 0 Å². The summed E-state index contributed by atoms with van der Waals surface area (Å²) in [7, 11) is 1.10. The van der Waals surface area contributed by atoms with Crippen LogP contribution in [0.2, 0.25) is 0 Å². The van der Waals surface area contributed by atoms with E-state index >= 15 is 0 Å². The zero-order valence-electron chi connectivity index (χ0n) is 27.4. The Hall–Kier alpha value is -3.34. The summed E-state index contributed by atoms with van der Waals surface area (Å²) in [5.74, 6) is -6.59. The Kier molecular flexibility index (Phi) is 5.89. The van der Waals surface area contributed by atoms with Crippen LogP contribution in [-0.2, 0) is 52.3 Å². The van der Waals surface area contributed by atoms with Gasteiger partial charge in [0.15, 0.2) is 17.3 Å². The maximum Gasteiger partial charge on any atom is 0.335 e. The maximum absolute atomic E-state index is 13.6. The Morgan fingerprint density at radius 1 is 1.04 bits per heavy atom. The lowest BCUT2D eigenvalue weighted by atomic mass is 9.34. The first-order chi connectivity index (χ1) is 22.3. The molecule has 0 radical (unpaired) electrons. The summed E-state index contributed by atoms with van der Waals surface area (Å²) in [5, 5.41) is 38.2. The number of carbonyl (C=O) groups is 4. The van der Waals surface area contributed by atoms with E-state index < -0.39 is 105 Å². The molecular weight excluding hydrogens is 636 g/mol. The van der Waals surface area contributed by atoms with Gasteiger partial charge in [0.05, 0.1) is 25.1 Å². The van der Waals surface area contributed by atoms with Crippen molar-refractivity contribution in [2.45, 2.75) is 113 Å². The summed E-state index contributed by atoms with van der Waals surface area (Å²) in [6.45, 7) is 8.71. The van der Waals surface area contributed by atoms with E-state index in [-0.39, 0.29) is 18.4 Å². The van der Waals surface area contributed by atoms with Crippen molar-refractivity contribution in [2.24, 2.45) is 22.2 Å². The minimum Gasteiger partial charge on any atom is -0.472 e. The molecule has 1 aromatic heterocycles. The number of ether oxygens (including phenoxy) is 7. The predicted octanol–water partition coefficient (Wildman–Crippen LogP) is 0.730. The van der Waals surface area contributed by atoms with E-state index in [0.717, 1.165) is 14.0 Å². The van der Waals surface area contributed by atoms with Gasteiger partial charge in [0.25, 0.3) is 5.97 Å². The van der Waals surface area contributed by atoms with Gasteiger partial charge in [0, 0.05) is 55.6 Å². The fourth-order valence-corrected chi connectivity index (χ4v) is 11.9. The Morgan fingerprint density at radius 3 is 2.33 bits per heavy atom. The van der Waals surface area contributed by atoms with Crippen LogP contribution in [0, 0.1) is 22.2 Å². The topological polar surface area (TPSA) is 207 Å². The number of aliphatic hydroxyl groups is 3. The molecule has 2 saturated heterocycles. The highest BCUT2D eigenvalue weighted by atomic mass is 16.9. The lowest BCUT2D eigenvalue weighted by molar-refractivity contribution is -0.449. The van der Waals surface area contributed by atoms with Crippen LogP contribution in [0.15, 0.2) is 34.7 Å². The molecule has 1 aromatic rings. The number of methoxy groups -OCH3 is 1. The van der Waals surface area contributed by atoms with Crippen molar-refractivity contribution < 1.29 is 72.1 Å². The van der Waals surface area contributed by atoms with Crippen LogP contribution in [0.1, 0.15) is 66.1 Å². The van der Waals surface area contributed by atoms with Crippen molar-refractivity contribution in [3.63, 3.8) is 0 Å². The van der Waals surface area contributed by atoms with Crippen LogP contribution in [0.25, 0.3) is 0 Å². The number of rotatable bonds is 5. The van der Waals surface area contributed by atoms with Crippen molar-refractivity contribution in [2.75, 3.05) is 7.11 Å². The number of fused-ring (bicyclic) bond motifs is 4. The first kappa shape index (κ1) is 31.9. The largest absolute Gasteiger partial charge is 0.472 e. The molecule has 15 heteroatoms. The third-order valence-corrected chi connectivity index (χ3v) is 13.1. The van der Waals surface area contributed by atoms with Crippen molar-refractivity contribution >= 4 is 23.9 Å². The van der Waals surface area contributed by atoms with Gasteiger partial charge in [-0.1, -0.05) is 13.8 Å². The molecule has 4 saturated carbocycles. The van der Waals surface area contributed by atoms with Gasteiger partial charge in [0.1, 0.15) is 35.6 Å². The van der Waals surface area contributed by atoms with Gasteiger partial charge in [-0.05, 0) is 25.0 Å². The monoisotopic (exact) mass is 674 g/mol. The lowest BCUT2D eigenvalue weighted by Crippen LogP contribution is -2.93. The predicted molar refractivity (Wildman–Crippen MR) is 153 cm³/mol. The van der Waals surface area contributed by atoms with E-state index in [4.69, 9.17) is 37.6 Å². The molecule has 0 amide bonds. The molecule has 14 atom stereocenters. The van der Waals surface area contributed by atoms with Crippen LogP contribution >= 0.6 is 0 Å². The molecule has 4 aliphatic carbocycles.